The van der Waals surface area contributed by atoms with Gasteiger partial charge in [-0.05, 0) is 30.3 Å². The van der Waals surface area contributed by atoms with Gasteiger partial charge in [0.1, 0.15) is 5.76 Å². The molecule has 3 rings (SSSR count). The summed E-state index contributed by atoms with van der Waals surface area (Å²) in [5, 5.41) is 1.31. The third kappa shape index (κ3) is 3.41. The molecule has 3 aromatic rings. The minimum atomic E-state index is -0.512. The van der Waals surface area contributed by atoms with Gasteiger partial charge in [0.15, 0.2) is 5.13 Å². The Labute approximate surface area is 143 Å². The number of aromatic nitrogens is 1. The van der Waals surface area contributed by atoms with E-state index in [1.54, 1.807) is 17.2 Å². The Bertz CT molecular complexity index is 834. The Morgan fingerprint density at radius 1 is 1.35 bits per heavy atom. The van der Waals surface area contributed by atoms with E-state index in [1.165, 1.54) is 11.3 Å². The van der Waals surface area contributed by atoms with Gasteiger partial charge in [0.05, 0.1) is 23.0 Å². The normalized spacial score (nSPS) is 11.8. The van der Waals surface area contributed by atoms with Crippen molar-refractivity contribution in [2.75, 3.05) is 4.90 Å². The third-order valence-corrected chi connectivity index (χ3v) is 4.63. The first-order valence-electron chi connectivity index (χ1n) is 7.25. The van der Waals surface area contributed by atoms with Crippen molar-refractivity contribution in [1.82, 2.24) is 4.98 Å². The van der Waals surface area contributed by atoms with E-state index in [2.05, 4.69) is 4.98 Å². The van der Waals surface area contributed by atoms with Crippen LogP contribution in [0.25, 0.3) is 10.2 Å². The molecule has 23 heavy (non-hydrogen) atoms. The van der Waals surface area contributed by atoms with Crippen LogP contribution in [-0.2, 0) is 11.3 Å². The van der Waals surface area contributed by atoms with Gasteiger partial charge in [-0.3, -0.25) is 9.69 Å². The minimum Gasteiger partial charge on any atom is -0.467 e. The predicted octanol–water partition coefficient (Wildman–Crippen LogP) is 5.12. The lowest BCUT2D eigenvalue weighted by Gasteiger charge is -2.26. The van der Waals surface area contributed by atoms with Gasteiger partial charge >= 0.3 is 0 Å². The largest absolute Gasteiger partial charge is 0.467 e. The first kappa shape index (κ1) is 16.0. The lowest BCUT2D eigenvalue weighted by atomic mass is 9.95. The lowest BCUT2D eigenvalue weighted by Crippen LogP contribution is -2.39. The average molecular weight is 349 g/mol. The summed E-state index contributed by atoms with van der Waals surface area (Å²) in [6, 6.07) is 9.20. The fourth-order valence-corrected chi connectivity index (χ4v) is 3.43. The molecule has 0 atom stereocenters. The smallest absolute Gasteiger partial charge is 0.234 e. The number of amides is 1. The van der Waals surface area contributed by atoms with E-state index < -0.39 is 5.41 Å². The number of nitrogens with zero attached hydrogens (tertiary/aromatic N) is 2. The topological polar surface area (TPSA) is 46.3 Å². The molecular weight excluding hydrogens is 332 g/mol. The number of anilines is 1. The number of fused-ring (bicyclic) bond motifs is 1. The summed E-state index contributed by atoms with van der Waals surface area (Å²) in [6.07, 6.45) is 1.60. The van der Waals surface area contributed by atoms with E-state index in [0.717, 1.165) is 16.0 Å². The quantitative estimate of drug-likeness (QED) is 0.659. The van der Waals surface area contributed by atoms with Crippen LogP contribution in [0.15, 0.2) is 41.0 Å². The highest BCUT2D eigenvalue weighted by atomic mass is 35.5. The number of hydrogen-bond donors (Lipinski definition) is 0. The molecule has 0 aliphatic rings. The van der Waals surface area contributed by atoms with Crippen molar-refractivity contribution in [3.05, 3.63) is 47.4 Å². The first-order chi connectivity index (χ1) is 10.8. The van der Waals surface area contributed by atoms with Crippen LogP contribution >= 0.6 is 22.9 Å². The number of carbonyl (C=O) groups is 1. The zero-order valence-electron chi connectivity index (χ0n) is 13.2. The number of hydrogen-bond acceptors (Lipinski definition) is 4. The fourth-order valence-electron chi connectivity index (χ4n) is 2.19. The summed E-state index contributed by atoms with van der Waals surface area (Å²) in [7, 11) is 0. The van der Waals surface area contributed by atoms with Gasteiger partial charge in [-0.2, -0.15) is 0 Å². The summed E-state index contributed by atoms with van der Waals surface area (Å²) in [4.78, 5) is 19.1. The molecule has 0 unspecified atom stereocenters. The van der Waals surface area contributed by atoms with E-state index in [-0.39, 0.29) is 5.91 Å². The van der Waals surface area contributed by atoms with Crippen molar-refractivity contribution in [3.8, 4) is 0 Å². The average Bonchev–Trinajstić information content (AvgIpc) is 3.11. The van der Waals surface area contributed by atoms with Gasteiger partial charge < -0.3 is 4.42 Å². The molecule has 0 aliphatic carbocycles. The van der Waals surface area contributed by atoms with Crippen LogP contribution in [-0.4, -0.2) is 10.9 Å². The van der Waals surface area contributed by atoms with Crippen molar-refractivity contribution in [1.29, 1.82) is 0 Å². The molecule has 0 N–H and O–H groups in total. The van der Waals surface area contributed by atoms with Gasteiger partial charge in [0.2, 0.25) is 5.91 Å². The van der Waals surface area contributed by atoms with Crippen molar-refractivity contribution in [2.45, 2.75) is 27.3 Å². The van der Waals surface area contributed by atoms with E-state index in [1.807, 2.05) is 45.0 Å². The number of rotatable bonds is 3. The van der Waals surface area contributed by atoms with Crippen LogP contribution in [0.4, 0.5) is 5.13 Å². The van der Waals surface area contributed by atoms with Gasteiger partial charge in [-0.25, -0.2) is 4.98 Å². The second-order valence-electron chi connectivity index (χ2n) is 6.33. The van der Waals surface area contributed by atoms with Crippen molar-refractivity contribution >= 4 is 44.2 Å². The van der Waals surface area contributed by atoms with Gasteiger partial charge in [-0.15, -0.1) is 0 Å². The monoisotopic (exact) mass is 348 g/mol. The molecule has 0 saturated carbocycles. The Hall–Kier alpha value is -1.85. The van der Waals surface area contributed by atoms with Crippen molar-refractivity contribution in [3.63, 3.8) is 0 Å². The van der Waals surface area contributed by atoms with Crippen LogP contribution in [0, 0.1) is 5.41 Å². The molecule has 2 heterocycles. The second kappa shape index (κ2) is 5.98. The summed E-state index contributed by atoms with van der Waals surface area (Å²) in [6.45, 7) is 6.05. The number of carbonyl (C=O) groups excluding carboxylic acids is 1. The molecule has 0 bridgehead atoms. The van der Waals surface area contributed by atoms with Gasteiger partial charge in [0, 0.05) is 10.4 Å². The lowest BCUT2D eigenvalue weighted by molar-refractivity contribution is -0.126. The standard InChI is InChI=1S/C17H17ClN2O2S/c1-17(2,3)15(21)20(10-12-5-4-8-22-12)16-19-13-7-6-11(18)9-14(13)23-16/h4-9H,10H2,1-3H3. The van der Waals surface area contributed by atoms with Crippen LogP contribution in [0.2, 0.25) is 5.02 Å². The number of benzene rings is 1. The number of furan rings is 1. The Kier molecular flexibility index (Phi) is 4.17. The zero-order chi connectivity index (χ0) is 16.6. The summed E-state index contributed by atoms with van der Waals surface area (Å²) >= 11 is 7.49. The van der Waals surface area contributed by atoms with Gasteiger partial charge in [-0.1, -0.05) is 43.7 Å². The predicted molar refractivity (Wildman–Crippen MR) is 94.0 cm³/mol. The zero-order valence-corrected chi connectivity index (χ0v) is 14.7. The van der Waals surface area contributed by atoms with Gasteiger partial charge in [0.25, 0.3) is 0 Å². The molecule has 6 heteroatoms. The van der Waals surface area contributed by atoms with Crippen LogP contribution in [0.5, 0.6) is 0 Å². The van der Waals surface area contributed by atoms with Crippen molar-refractivity contribution < 1.29 is 9.21 Å². The summed E-state index contributed by atoms with van der Waals surface area (Å²) in [5.74, 6) is 0.721. The van der Waals surface area contributed by atoms with Crippen LogP contribution in [0.3, 0.4) is 0 Å². The maximum atomic E-state index is 12.9. The molecule has 0 spiro atoms. The van der Waals surface area contributed by atoms with E-state index >= 15 is 0 Å². The second-order valence-corrected chi connectivity index (χ2v) is 7.77. The SMILES string of the molecule is CC(C)(C)C(=O)N(Cc1ccco1)c1nc2ccc(Cl)cc2s1. The highest BCUT2D eigenvalue weighted by molar-refractivity contribution is 7.22. The summed E-state index contributed by atoms with van der Waals surface area (Å²) < 4.78 is 6.36. The molecule has 0 fully saturated rings. The minimum absolute atomic E-state index is 0.000877. The Morgan fingerprint density at radius 2 is 2.13 bits per heavy atom. The number of thiazole rings is 1. The molecule has 1 amide bonds. The van der Waals surface area contributed by atoms with Crippen LogP contribution in [0.1, 0.15) is 26.5 Å². The Morgan fingerprint density at radius 3 is 2.78 bits per heavy atom. The molecular formula is C17H17ClN2O2S. The van der Waals surface area contributed by atoms with E-state index in [9.17, 15) is 4.79 Å². The molecule has 0 saturated heterocycles. The third-order valence-electron chi connectivity index (χ3n) is 3.35. The highest BCUT2D eigenvalue weighted by Crippen LogP contribution is 2.33. The molecule has 120 valence electrons. The Balaban J connectivity index is 2.03. The maximum Gasteiger partial charge on any atom is 0.234 e. The first-order valence-corrected chi connectivity index (χ1v) is 8.44. The maximum absolute atomic E-state index is 12.9. The van der Waals surface area contributed by atoms with E-state index in [0.29, 0.717) is 16.7 Å². The number of halogens is 1. The summed E-state index contributed by atoms with van der Waals surface area (Å²) in [5.41, 5.74) is 0.322. The molecule has 1 aromatic carbocycles. The highest BCUT2D eigenvalue weighted by Gasteiger charge is 2.30. The van der Waals surface area contributed by atoms with E-state index in [4.69, 9.17) is 16.0 Å². The molecule has 2 aromatic heterocycles. The molecule has 0 aliphatic heterocycles. The molecule has 4 nitrogen and oxygen atoms in total. The van der Waals surface area contributed by atoms with Crippen LogP contribution < -0.4 is 4.90 Å². The van der Waals surface area contributed by atoms with Crippen molar-refractivity contribution in [2.24, 2.45) is 5.41 Å². The fraction of sp³-hybridized carbons (Fsp3) is 0.294. The molecule has 0 radical (unpaired) electrons.